The fraction of sp³-hybridized carbons (Fsp3) is 0.833. The van der Waals surface area contributed by atoms with Gasteiger partial charge in [0, 0.05) is 10.8 Å². The molecule has 26 heavy (non-hydrogen) atoms. The van der Waals surface area contributed by atoms with E-state index in [1.165, 1.54) is 56.2 Å². The molecule has 0 aromatic carbocycles. The van der Waals surface area contributed by atoms with E-state index in [2.05, 4.69) is 26.8 Å². The molecule has 4 rings (SSSR count). The molecule has 0 saturated heterocycles. The van der Waals surface area contributed by atoms with E-state index >= 15 is 0 Å². The highest BCUT2D eigenvalue weighted by Gasteiger charge is 2.61. The van der Waals surface area contributed by atoms with E-state index in [4.69, 9.17) is 12.2 Å². The summed E-state index contributed by atoms with van der Waals surface area (Å²) in [6.45, 7) is 9.19. The number of fused-ring (bicyclic) bond motifs is 5. The maximum Gasteiger partial charge on any atom is 0.133 e. The highest BCUT2D eigenvalue weighted by Crippen LogP contribution is 2.68. The van der Waals surface area contributed by atoms with Crippen LogP contribution in [0.1, 0.15) is 85.5 Å². The first-order valence-corrected chi connectivity index (χ1v) is 11.5. The molecule has 0 heterocycles. The van der Waals surface area contributed by atoms with Gasteiger partial charge in [0.15, 0.2) is 0 Å². The van der Waals surface area contributed by atoms with Crippen LogP contribution in [0.4, 0.5) is 0 Å². The summed E-state index contributed by atoms with van der Waals surface area (Å²) in [5, 5.41) is 0. The van der Waals surface area contributed by atoms with E-state index in [-0.39, 0.29) is 5.41 Å². The fourth-order valence-electron chi connectivity index (χ4n) is 8.19. The first-order valence-electron chi connectivity index (χ1n) is 11.1. The molecule has 2 heteroatoms. The quantitative estimate of drug-likeness (QED) is 0.522. The summed E-state index contributed by atoms with van der Waals surface area (Å²) in [5.74, 6) is 3.83. The summed E-state index contributed by atoms with van der Waals surface area (Å²) in [7, 11) is 0. The Hall–Kier alpha value is -0.500. The summed E-state index contributed by atoms with van der Waals surface area (Å²) in [4.78, 5) is 13.8. The monoisotopic (exact) mass is 372 g/mol. The van der Waals surface area contributed by atoms with Crippen molar-refractivity contribution in [1.82, 2.24) is 0 Å². The summed E-state index contributed by atoms with van der Waals surface area (Å²) in [6, 6.07) is 0. The van der Waals surface area contributed by atoms with Gasteiger partial charge in [-0.15, -0.1) is 0 Å². The Balaban J connectivity index is 1.67. The van der Waals surface area contributed by atoms with Gasteiger partial charge in [0.1, 0.15) is 5.78 Å². The van der Waals surface area contributed by atoms with E-state index < -0.39 is 0 Å². The minimum absolute atomic E-state index is 0.258. The molecule has 4 aliphatic rings. The third kappa shape index (κ3) is 2.61. The normalized spacial score (nSPS) is 47.6. The van der Waals surface area contributed by atoms with Crippen LogP contribution in [0.3, 0.4) is 0 Å². The fourth-order valence-corrected chi connectivity index (χ4v) is 8.43. The maximum atomic E-state index is 12.7. The third-order valence-electron chi connectivity index (χ3n) is 9.24. The van der Waals surface area contributed by atoms with Crippen molar-refractivity contribution in [2.45, 2.75) is 85.5 Å². The number of Topliss-reactive ketones (excluding diaryl/α,β-unsaturated/α-hetero) is 1. The van der Waals surface area contributed by atoms with Crippen LogP contribution < -0.4 is 0 Å². The molecule has 0 amide bonds. The van der Waals surface area contributed by atoms with Gasteiger partial charge in [-0.25, -0.2) is 0 Å². The van der Waals surface area contributed by atoms with Gasteiger partial charge < -0.3 is 0 Å². The first-order chi connectivity index (χ1) is 12.3. The lowest BCUT2D eigenvalue weighted by Gasteiger charge is -2.58. The van der Waals surface area contributed by atoms with Gasteiger partial charge in [-0.1, -0.05) is 45.0 Å². The minimum Gasteiger partial charge on any atom is -0.300 e. The smallest absolute Gasteiger partial charge is 0.133 e. The van der Waals surface area contributed by atoms with E-state index in [0.717, 1.165) is 24.2 Å². The van der Waals surface area contributed by atoms with E-state index in [9.17, 15) is 4.79 Å². The van der Waals surface area contributed by atoms with Crippen LogP contribution in [0, 0.1) is 40.4 Å². The lowest BCUT2D eigenvalue weighted by Crippen LogP contribution is -2.51. The Bertz CT molecular complexity index is 649. The molecule has 0 aromatic heterocycles. The molecule has 0 aliphatic heterocycles. The molecule has 3 fully saturated rings. The standard InChI is InChI=1S/C24H36OS/c1-5-6-16-13-21-19-8-7-17-14-18(26)9-11-23(17,3)20(19)10-12-24(21,4)22(16)15(2)25/h14,16,19-22H,5-13H2,1-4H3/t16?,19-,20+,21+,22+,23+,24+/m1/s1. The summed E-state index contributed by atoms with van der Waals surface area (Å²) >= 11 is 5.54. The predicted octanol–water partition coefficient (Wildman–Crippen LogP) is 6.55. The predicted molar refractivity (Wildman–Crippen MR) is 112 cm³/mol. The zero-order valence-corrected chi connectivity index (χ0v) is 18.0. The number of rotatable bonds is 3. The van der Waals surface area contributed by atoms with Crippen molar-refractivity contribution in [3.63, 3.8) is 0 Å². The molecule has 0 radical (unpaired) electrons. The Labute approximate surface area is 165 Å². The average molecular weight is 373 g/mol. The first kappa shape index (κ1) is 18.8. The van der Waals surface area contributed by atoms with Crippen LogP contribution in [-0.2, 0) is 4.79 Å². The van der Waals surface area contributed by atoms with Gasteiger partial charge >= 0.3 is 0 Å². The highest BCUT2D eigenvalue weighted by molar-refractivity contribution is 7.80. The molecule has 0 bridgehead atoms. The number of carbonyl (C=O) groups is 1. The Kier molecular flexibility index (Phi) is 4.74. The third-order valence-corrected chi connectivity index (χ3v) is 9.56. The average Bonchev–Trinajstić information content (AvgIpc) is 2.88. The van der Waals surface area contributed by atoms with Crippen LogP contribution >= 0.6 is 12.2 Å². The lowest BCUT2D eigenvalue weighted by molar-refractivity contribution is -0.129. The summed E-state index contributed by atoms with van der Waals surface area (Å²) in [5.41, 5.74) is 2.29. The highest BCUT2D eigenvalue weighted by atomic mass is 32.1. The molecule has 3 saturated carbocycles. The second-order valence-electron chi connectivity index (χ2n) is 10.4. The molecule has 0 N–H and O–H groups in total. The Morgan fingerprint density at radius 1 is 1.19 bits per heavy atom. The summed E-state index contributed by atoms with van der Waals surface area (Å²) < 4.78 is 0. The van der Waals surface area contributed by atoms with Crippen LogP contribution in [-0.4, -0.2) is 10.6 Å². The molecule has 0 aromatic rings. The van der Waals surface area contributed by atoms with E-state index in [0.29, 0.717) is 23.0 Å². The molecular formula is C24H36OS. The molecule has 1 unspecified atom stereocenters. The maximum absolute atomic E-state index is 12.7. The summed E-state index contributed by atoms with van der Waals surface area (Å²) in [6.07, 6.45) is 13.7. The topological polar surface area (TPSA) is 17.1 Å². The van der Waals surface area contributed by atoms with Crippen molar-refractivity contribution in [1.29, 1.82) is 0 Å². The molecule has 4 aliphatic carbocycles. The van der Waals surface area contributed by atoms with Gasteiger partial charge in [-0.3, -0.25) is 4.79 Å². The number of carbonyl (C=O) groups excluding carboxylic acids is 1. The van der Waals surface area contributed by atoms with Crippen molar-refractivity contribution >= 4 is 22.9 Å². The van der Waals surface area contributed by atoms with Gasteiger partial charge in [-0.2, -0.15) is 0 Å². The van der Waals surface area contributed by atoms with E-state index in [1.807, 2.05) is 6.92 Å². The number of ketones is 1. The van der Waals surface area contributed by atoms with Gasteiger partial charge in [0.2, 0.25) is 0 Å². The molecule has 7 atom stereocenters. The zero-order valence-electron chi connectivity index (χ0n) is 17.1. The van der Waals surface area contributed by atoms with Crippen molar-refractivity contribution in [3.8, 4) is 0 Å². The van der Waals surface area contributed by atoms with Crippen LogP contribution in [0.15, 0.2) is 11.6 Å². The van der Waals surface area contributed by atoms with Crippen LogP contribution in [0.2, 0.25) is 0 Å². The molecule has 0 spiro atoms. The largest absolute Gasteiger partial charge is 0.300 e. The second-order valence-corrected chi connectivity index (χ2v) is 10.9. The zero-order chi connectivity index (χ0) is 18.7. The second kappa shape index (κ2) is 6.54. The van der Waals surface area contributed by atoms with Crippen LogP contribution in [0.5, 0.6) is 0 Å². The SMILES string of the molecule is CCCC1C[C@H]2[C@@H]3CCC4=CC(=S)CC[C@]4(C)[C@H]3CC[C@]2(C)[C@H]1C(C)=O. The van der Waals surface area contributed by atoms with Gasteiger partial charge in [-0.05, 0) is 98.9 Å². The number of hydrogen-bond donors (Lipinski definition) is 0. The van der Waals surface area contributed by atoms with Gasteiger partial charge in [0.25, 0.3) is 0 Å². The van der Waals surface area contributed by atoms with E-state index in [1.54, 1.807) is 5.57 Å². The Morgan fingerprint density at radius 2 is 1.96 bits per heavy atom. The lowest BCUT2D eigenvalue weighted by atomic mass is 9.47. The van der Waals surface area contributed by atoms with Gasteiger partial charge in [0.05, 0.1) is 0 Å². The van der Waals surface area contributed by atoms with Crippen LogP contribution in [0.25, 0.3) is 0 Å². The van der Waals surface area contributed by atoms with Crippen molar-refractivity contribution in [2.24, 2.45) is 40.4 Å². The number of hydrogen-bond acceptors (Lipinski definition) is 2. The Morgan fingerprint density at radius 3 is 2.65 bits per heavy atom. The number of allylic oxidation sites excluding steroid dienone is 2. The molecule has 1 nitrogen and oxygen atoms in total. The minimum atomic E-state index is 0.258. The molecular weight excluding hydrogens is 336 g/mol. The van der Waals surface area contributed by atoms with Crippen molar-refractivity contribution in [2.75, 3.05) is 0 Å². The number of thiocarbonyl (C=S) groups is 1. The van der Waals surface area contributed by atoms with Crippen molar-refractivity contribution < 1.29 is 4.79 Å². The molecule has 144 valence electrons. The van der Waals surface area contributed by atoms with Crippen molar-refractivity contribution in [3.05, 3.63) is 11.6 Å².